The van der Waals surface area contributed by atoms with E-state index >= 15 is 0 Å². The summed E-state index contributed by atoms with van der Waals surface area (Å²) in [5.41, 5.74) is 5.65. The standard InChI is InChI=1S/C12H17N.C10H16N2.C10H15N.C9H20N2/c1-12(2,3)13-8-10-6-4-5-7-11(10)9-13;1-9(2)11-8-6-10-5-3-4-7-12-10;1-9(2)6-7-10-5-3-4-8-11-10;1-8(2)10-7-9-5-4-6-11(9)3/h4-7H,8-9H2,1-3H3;3-5,7,9,11H,6,8H2,1-2H3;3-5,8-9H,6-7H2,1-2H3;8-10H,4-7H2,1-3H3. The Labute approximate surface area is 289 Å². The monoisotopic (exact) mass is 645 g/mol. The molecule has 6 heteroatoms. The third kappa shape index (κ3) is 17.9. The van der Waals surface area contributed by atoms with Gasteiger partial charge in [0.25, 0.3) is 0 Å². The number of likely N-dealkylation sites (tertiary alicyclic amines) is 1. The van der Waals surface area contributed by atoms with Crippen molar-refractivity contribution in [1.82, 2.24) is 30.4 Å². The van der Waals surface area contributed by atoms with Crippen LogP contribution in [0.3, 0.4) is 0 Å². The summed E-state index contributed by atoms with van der Waals surface area (Å²) in [6.45, 7) is 25.7. The third-order valence-corrected chi connectivity index (χ3v) is 8.59. The van der Waals surface area contributed by atoms with Gasteiger partial charge in [-0.3, -0.25) is 14.9 Å². The molecule has 0 amide bonds. The molecule has 1 aromatic carbocycles. The Balaban J connectivity index is 0.000000219. The predicted molar refractivity (Wildman–Crippen MR) is 203 cm³/mol. The highest BCUT2D eigenvalue weighted by molar-refractivity contribution is 5.30. The first-order valence-electron chi connectivity index (χ1n) is 18.1. The molecule has 3 aromatic rings. The van der Waals surface area contributed by atoms with Crippen LogP contribution >= 0.6 is 0 Å². The smallest absolute Gasteiger partial charge is 0.0416 e. The number of nitrogens with zero attached hydrogens (tertiary/aromatic N) is 4. The van der Waals surface area contributed by atoms with E-state index < -0.39 is 0 Å². The van der Waals surface area contributed by atoms with Crippen LogP contribution in [0.15, 0.2) is 73.1 Å². The highest BCUT2D eigenvalue weighted by Gasteiger charge is 2.27. The van der Waals surface area contributed by atoms with Crippen molar-refractivity contribution in [1.29, 1.82) is 0 Å². The Morgan fingerprint density at radius 2 is 1.28 bits per heavy atom. The van der Waals surface area contributed by atoms with Crippen LogP contribution in [-0.2, 0) is 25.9 Å². The molecule has 2 aliphatic rings. The van der Waals surface area contributed by atoms with E-state index in [9.17, 15) is 0 Å². The Morgan fingerprint density at radius 3 is 1.70 bits per heavy atom. The van der Waals surface area contributed by atoms with Gasteiger partial charge in [-0.2, -0.15) is 0 Å². The minimum Gasteiger partial charge on any atom is -0.314 e. The van der Waals surface area contributed by atoms with Crippen molar-refractivity contribution in [3.63, 3.8) is 0 Å². The molecule has 2 aliphatic heterocycles. The fourth-order valence-electron chi connectivity index (χ4n) is 5.43. The van der Waals surface area contributed by atoms with Crippen molar-refractivity contribution >= 4 is 0 Å². The quantitative estimate of drug-likeness (QED) is 0.232. The van der Waals surface area contributed by atoms with Crippen LogP contribution in [0.2, 0.25) is 0 Å². The predicted octanol–water partition coefficient (Wildman–Crippen LogP) is 8.17. The maximum absolute atomic E-state index is 4.25. The van der Waals surface area contributed by atoms with E-state index in [1.54, 1.807) is 0 Å². The zero-order valence-corrected chi connectivity index (χ0v) is 31.6. The second-order valence-corrected chi connectivity index (χ2v) is 15.1. The number of hydrogen-bond donors (Lipinski definition) is 2. The van der Waals surface area contributed by atoms with Crippen LogP contribution in [-0.4, -0.2) is 70.1 Å². The Kier molecular flexibility index (Phi) is 19.0. The summed E-state index contributed by atoms with van der Waals surface area (Å²) in [6.07, 6.45) is 9.80. The number of aromatic nitrogens is 2. The summed E-state index contributed by atoms with van der Waals surface area (Å²) in [7, 11) is 2.22. The topological polar surface area (TPSA) is 56.3 Å². The van der Waals surface area contributed by atoms with Gasteiger partial charge in [-0.05, 0) is 101 Å². The average Bonchev–Trinajstić information content (AvgIpc) is 3.67. The van der Waals surface area contributed by atoms with Crippen molar-refractivity contribution in [3.8, 4) is 0 Å². The lowest BCUT2D eigenvalue weighted by atomic mass is 10.1. The molecule has 1 fully saturated rings. The van der Waals surface area contributed by atoms with E-state index in [1.807, 2.05) is 36.7 Å². The van der Waals surface area contributed by atoms with Crippen molar-refractivity contribution in [2.75, 3.05) is 26.7 Å². The van der Waals surface area contributed by atoms with Gasteiger partial charge in [0.2, 0.25) is 0 Å². The van der Waals surface area contributed by atoms with Crippen molar-refractivity contribution in [2.45, 2.75) is 131 Å². The van der Waals surface area contributed by atoms with Crippen molar-refractivity contribution in [3.05, 3.63) is 95.6 Å². The van der Waals surface area contributed by atoms with Gasteiger partial charge < -0.3 is 15.5 Å². The maximum atomic E-state index is 4.25. The van der Waals surface area contributed by atoms with Crippen LogP contribution in [0, 0.1) is 5.92 Å². The van der Waals surface area contributed by atoms with Gasteiger partial charge in [0.05, 0.1) is 0 Å². The molecule has 2 aromatic heterocycles. The molecule has 0 aliphatic carbocycles. The van der Waals surface area contributed by atoms with Crippen LogP contribution < -0.4 is 10.6 Å². The number of likely N-dealkylation sites (N-methyl/N-ethyl adjacent to an activating group) is 1. The van der Waals surface area contributed by atoms with E-state index in [0.717, 1.165) is 56.7 Å². The van der Waals surface area contributed by atoms with Gasteiger partial charge in [0.15, 0.2) is 0 Å². The number of fused-ring (bicyclic) bond motifs is 1. The van der Waals surface area contributed by atoms with Crippen LogP contribution in [0.25, 0.3) is 0 Å². The molecule has 0 saturated carbocycles. The molecular formula is C41H68N6. The lowest BCUT2D eigenvalue weighted by Gasteiger charge is -2.31. The highest BCUT2D eigenvalue weighted by Crippen LogP contribution is 2.28. The number of hydrogen-bond acceptors (Lipinski definition) is 6. The minimum atomic E-state index is 0.291. The summed E-state index contributed by atoms with van der Waals surface area (Å²) in [5, 5.41) is 6.83. The van der Waals surface area contributed by atoms with E-state index in [2.05, 4.69) is 136 Å². The summed E-state index contributed by atoms with van der Waals surface area (Å²) < 4.78 is 0. The van der Waals surface area contributed by atoms with Gasteiger partial charge in [-0.15, -0.1) is 0 Å². The molecule has 5 rings (SSSR count). The Hall–Kier alpha value is -2.64. The molecule has 1 atom stereocenters. The first-order chi connectivity index (χ1) is 22.3. The van der Waals surface area contributed by atoms with Crippen molar-refractivity contribution in [2.24, 2.45) is 5.92 Å². The lowest BCUT2D eigenvalue weighted by Crippen LogP contribution is -2.38. The summed E-state index contributed by atoms with van der Waals surface area (Å²) in [4.78, 5) is 13.5. The molecule has 0 spiro atoms. The molecule has 2 N–H and O–H groups in total. The zero-order valence-electron chi connectivity index (χ0n) is 31.6. The SMILES string of the molecule is CC(C)(C)N1Cc2ccccc2C1.CC(C)CCc1ccccn1.CC(C)NCC1CCCN1C.CC(C)NCCc1ccccn1. The molecule has 0 bridgehead atoms. The lowest BCUT2D eigenvalue weighted by molar-refractivity contribution is 0.136. The van der Waals surface area contributed by atoms with Crippen LogP contribution in [0.1, 0.15) is 104 Å². The molecule has 262 valence electrons. The first kappa shape index (κ1) is 40.5. The number of nitrogens with one attached hydrogen (secondary N) is 2. The third-order valence-electron chi connectivity index (χ3n) is 8.59. The second-order valence-electron chi connectivity index (χ2n) is 15.1. The average molecular weight is 645 g/mol. The van der Waals surface area contributed by atoms with Gasteiger partial charge in [-0.1, -0.05) is 77.9 Å². The summed E-state index contributed by atoms with van der Waals surface area (Å²) >= 11 is 0. The van der Waals surface area contributed by atoms with E-state index in [0.29, 0.717) is 17.6 Å². The normalized spacial score (nSPS) is 16.2. The summed E-state index contributed by atoms with van der Waals surface area (Å²) in [5.74, 6) is 0.775. The molecule has 0 radical (unpaired) electrons. The van der Waals surface area contributed by atoms with Crippen LogP contribution in [0.5, 0.6) is 0 Å². The minimum absolute atomic E-state index is 0.291. The molecule has 1 saturated heterocycles. The molecule has 4 heterocycles. The largest absolute Gasteiger partial charge is 0.314 e. The first-order valence-corrected chi connectivity index (χ1v) is 18.1. The number of benzene rings is 1. The van der Waals surface area contributed by atoms with Gasteiger partial charge in [-0.25, -0.2) is 0 Å². The fraction of sp³-hybridized carbons (Fsp3) is 0.610. The van der Waals surface area contributed by atoms with Gasteiger partial charge in [0, 0.05) is 80.0 Å². The Morgan fingerprint density at radius 1 is 0.745 bits per heavy atom. The number of aryl methyl sites for hydroxylation is 1. The van der Waals surface area contributed by atoms with Crippen LogP contribution in [0.4, 0.5) is 0 Å². The fourth-order valence-corrected chi connectivity index (χ4v) is 5.43. The molecular weight excluding hydrogens is 576 g/mol. The highest BCUT2D eigenvalue weighted by atomic mass is 15.2. The van der Waals surface area contributed by atoms with E-state index in [4.69, 9.17) is 0 Å². The zero-order chi connectivity index (χ0) is 34.7. The molecule has 47 heavy (non-hydrogen) atoms. The van der Waals surface area contributed by atoms with Gasteiger partial charge in [0.1, 0.15) is 0 Å². The van der Waals surface area contributed by atoms with E-state index in [-0.39, 0.29) is 0 Å². The summed E-state index contributed by atoms with van der Waals surface area (Å²) in [6, 6.07) is 22.8. The number of rotatable bonds is 10. The molecule has 6 nitrogen and oxygen atoms in total. The van der Waals surface area contributed by atoms with Crippen molar-refractivity contribution < 1.29 is 0 Å². The molecule has 1 unspecified atom stereocenters. The second kappa shape index (κ2) is 22.1. The van der Waals surface area contributed by atoms with Gasteiger partial charge >= 0.3 is 0 Å². The Bertz CT molecular complexity index is 1160. The number of pyridine rings is 2. The van der Waals surface area contributed by atoms with E-state index in [1.165, 1.54) is 42.6 Å². The maximum Gasteiger partial charge on any atom is 0.0416 e.